The van der Waals surface area contributed by atoms with E-state index in [1.165, 1.54) is 6.20 Å². The molecule has 0 saturated carbocycles. The average molecular weight is 243 g/mol. The van der Waals surface area contributed by atoms with E-state index in [1.54, 1.807) is 0 Å². The Hall–Kier alpha value is -2.28. The largest absolute Gasteiger partial charge is 0.360 e. The Labute approximate surface area is 107 Å². The van der Waals surface area contributed by atoms with Crippen LogP contribution in [0.25, 0.3) is 0 Å². The molecule has 0 aliphatic heterocycles. The van der Waals surface area contributed by atoms with E-state index in [0.717, 1.165) is 5.69 Å². The van der Waals surface area contributed by atoms with E-state index in [1.807, 2.05) is 57.2 Å². The van der Waals surface area contributed by atoms with E-state index in [9.17, 15) is 4.79 Å². The summed E-state index contributed by atoms with van der Waals surface area (Å²) in [7, 11) is 0. The Kier molecular flexibility index (Phi) is 4.50. The first kappa shape index (κ1) is 13.8. The first-order valence-electron chi connectivity index (χ1n) is 5.67. The SMILES string of the molecule is CC(C)(C)NC(=O)/C(C#N)=C\Nc1ccccc1. The molecule has 0 aliphatic rings. The second-order valence-electron chi connectivity index (χ2n) is 4.88. The number of hydrogen-bond acceptors (Lipinski definition) is 3. The van der Waals surface area contributed by atoms with Crippen molar-refractivity contribution in [2.45, 2.75) is 26.3 Å². The molecule has 1 aromatic carbocycles. The molecule has 4 heteroatoms. The highest BCUT2D eigenvalue weighted by Gasteiger charge is 2.16. The third-order valence-corrected chi connectivity index (χ3v) is 2.01. The van der Waals surface area contributed by atoms with Gasteiger partial charge in [0, 0.05) is 17.4 Å². The Morgan fingerprint density at radius 3 is 2.39 bits per heavy atom. The highest BCUT2D eigenvalue weighted by Crippen LogP contribution is 2.07. The number of nitriles is 1. The Morgan fingerprint density at radius 2 is 1.89 bits per heavy atom. The molecule has 0 bridgehead atoms. The summed E-state index contributed by atoms with van der Waals surface area (Å²) in [6.45, 7) is 5.60. The van der Waals surface area contributed by atoms with E-state index in [2.05, 4.69) is 10.6 Å². The minimum atomic E-state index is -0.381. The number of rotatable bonds is 3. The number of carbonyl (C=O) groups excluding carboxylic acids is 1. The van der Waals surface area contributed by atoms with Crippen LogP contribution in [-0.2, 0) is 4.79 Å². The predicted molar refractivity (Wildman–Crippen MR) is 71.7 cm³/mol. The topological polar surface area (TPSA) is 64.9 Å². The molecule has 0 radical (unpaired) electrons. The van der Waals surface area contributed by atoms with Crippen LogP contribution in [0, 0.1) is 11.3 Å². The van der Waals surface area contributed by atoms with E-state index in [0.29, 0.717) is 0 Å². The van der Waals surface area contributed by atoms with Gasteiger partial charge in [-0.3, -0.25) is 4.79 Å². The minimum absolute atomic E-state index is 0.0498. The molecule has 0 atom stereocenters. The van der Waals surface area contributed by atoms with Crippen molar-refractivity contribution < 1.29 is 4.79 Å². The van der Waals surface area contributed by atoms with Gasteiger partial charge in [0.1, 0.15) is 11.6 Å². The summed E-state index contributed by atoms with van der Waals surface area (Å²) in [5, 5.41) is 14.6. The zero-order valence-corrected chi connectivity index (χ0v) is 10.8. The van der Waals surface area contributed by atoms with Crippen molar-refractivity contribution in [3.63, 3.8) is 0 Å². The molecule has 2 N–H and O–H groups in total. The lowest BCUT2D eigenvalue weighted by atomic mass is 10.1. The number of amides is 1. The third kappa shape index (κ3) is 4.71. The van der Waals surface area contributed by atoms with Crippen LogP contribution in [0.15, 0.2) is 42.1 Å². The van der Waals surface area contributed by atoms with E-state index >= 15 is 0 Å². The summed E-state index contributed by atoms with van der Waals surface area (Å²) in [6.07, 6.45) is 1.41. The van der Waals surface area contributed by atoms with Crippen molar-refractivity contribution >= 4 is 11.6 Å². The number of hydrogen-bond donors (Lipinski definition) is 2. The fourth-order valence-corrected chi connectivity index (χ4v) is 1.25. The van der Waals surface area contributed by atoms with Crippen LogP contribution >= 0.6 is 0 Å². The molecule has 94 valence electrons. The molecule has 0 heterocycles. The molecule has 0 fully saturated rings. The maximum atomic E-state index is 11.8. The monoisotopic (exact) mass is 243 g/mol. The number of anilines is 1. The molecule has 0 aliphatic carbocycles. The van der Waals surface area contributed by atoms with Crippen molar-refractivity contribution in [3.8, 4) is 6.07 Å². The van der Waals surface area contributed by atoms with E-state index < -0.39 is 0 Å². The molecule has 0 saturated heterocycles. The van der Waals surface area contributed by atoms with Crippen LogP contribution in [0.2, 0.25) is 0 Å². The zero-order valence-electron chi connectivity index (χ0n) is 10.8. The Bertz CT molecular complexity index is 478. The number of nitrogens with one attached hydrogen (secondary N) is 2. The Morgan fingerprint density at radius 1 is 1.28 bits per heavy atom. The van der Waals surface area contributed by atoms with Gasteiger partial charge in [-0.25, -0.2) is 0 Å². The highest BCUT2D eigenvalue weighted by atomic mass is 16.1. The fourth-order valence-electron chi connectivity index (χ4n) is 1.25. The van der Waals surface area contributed by atoms with Crippen molar-refractivity contribution in [2.75, 3.05) is 5.32 Å². The minimum Gasteiger partial charge on any atom is -0.360 e. The summed E-state index contributed by atoms with van der Waals surface area (Å²) in [5.74, 6) is -0.381. The maximum Gasteiger partial charge on any atom is 0.263 e. The summed E-state index contributed by atoms with van der Waals surface area (Å²) < 4.78 is 0. The lowest BCUT2D eigenvalue weighted by Crippen LogP contribution is -2.41. The molecule has 1 aromatic rings. The molecular formula is C14H17N3O. The average Bonchev–Trinajstić information content (AvgIpc) is 2.29. The van der Waals surface area contributed by atoms with Crippen molar-refractivity contribution in [1.29, 1.82) is 5.26 Å². The van der Waals surface area contributed by atoms with Crippen LogP contribution in [-0.4, -0.2) is 11.4 Å². The van der Waals surface area contributed by atoms with Crippen LogP contribution in [0.1, 0.15) is 20.8 Å². The van der Waals surface area contributed by atoms with Gasteiger partial charge in [0.15, 0.2) is 0 Å². The van der Waals surface area contributed by atoms with Crippen molar-refractivity contribution in [1.82, 2.24) is 5.32 Å². The van der Waals surface area contributed by atoms with Gasteiger partial charge in [-0.05, 0) is 32.9 Å². The van der Waals surface area contributed by atoms with E-state index in [-0.39, 0.29) is 17.0 Å². The summed E-state index contributed by atoms with van der Waals surface area (Å²) in [5.41, 5.74) is 0.516. The lowest BCUT2D eigenvalue weighted by molar-refractivity contribution is -0.118. The maximum absolute atomic E-state index is 11.8. The Balaban J connectivity index is 2.73. The summed E-state index contributed by atoms with van der Waals surface area (Å²) >= 11 is 0. The summed E-state index contributed by atoms with van der Waals surface area (Å²) in [4.78, 5) is 11.8. The lowest BCUT2D eigenvalue weighted by Gasteiger charge is -2.20. The first-order chi connectivity index (χ1) is 8.42. The molecule has 18 heavy (non-hydrogen) atoms. The smallest absolute Gasteiger partial charge is 0.263 e. The number of carbonyl (C=O) groups is 1. The highest BCUT2D eigenvalue weighted by molar-refractivity contribution is 5.97. The van der Waals surface area contributed by atoms with Gasteiger partial charge >= 0.3 is 0 Å². The van der Waals surface area contributed by atoms with Crippen LogP contribution in [0.3, 0.4) is 0 Å². The molecule has 0 spiro atoms. The summed E-state index contributed by atoms with van der Waals surface area (Å²) in [6, 6.07) is 11.2. The van der Waals surface area contributed by atoms with Crippen molar-refractivity contribution in [3.05, 3.63) is 42.1 Å². The second kappa shape index (κ2) is 5.87. The van der Waals surface area contributed by atoms with Gasteiger partial charge in [-0.1, -0.05) is 18.2 Å². The molecule has 1 rings (SSSR count). The van der Waals surface area contributed by atoms with Gasteiger partial charge in [-0.2, -0.15) is 5.26 Å². The molecular weight excluding hydrogens is 226 g/mol. The van der Waals surface area contributed by atoms with Crippen LogP contribution in [0.4, 0.5) is 5.69 Å². The van der Waals surface area contributed by atoms with Crippen LogP contribution < -0.4 is 10.6 Å². The number of para-hydroxylation sites is 1. The number of benzene rings is 1. The molecule has 4 nitrogen and oxygen atoms in total. The van der Waals surface area contributed by atoms with Crippen molar-refractivity contribution in [2.24, 2.45) is 0 Å². The molecule has 0 aromatic heterocycles. The molecule has 0 unspecified atom stereocenters. The van der Waals surface area contributed by atoms with Crippen LogP contribution in [0.5, 0.6) is 0 Å². The normalized spacial score (nSPS) is 11.6. The predicted octanol–water partition coefficient (Wildman–Crippen LogP) is 2.42. The third-order valence-electron chi connectivity index (χ3n) is 2.01. The number of nitrogens with zero attached hydrogens (tertiary/aromatic N) is 1. The van der Waals surface area contributed by atoms with E-state index in [4.69, 9.17) is 5.26 Å². The van der Waals surface area contributed by atoms with Gasteiger partial charge in [0.2, 0.25) is 0 Å². The first-order valence-corrected chi connectivity index (χ1v) is 5.67. The second-order valence-corrected chi connectivity index (χ2v) is 4.88. The standard InChI is InChI=1S/C14H17N3O/c1-14(2,3)17-13(18)11(9-15)10-16-12-7-5-4-6-8-12/h4-8,10,16H,1-3H3,(H,17,18)/b11-10-. The van der Waals surface area contributed by atoms with Gasteiger partial charge in [0.05, 0.1) is 0 Å². The fraction of sp³-hybridized carbons (Fsp3) is 0.286. The zero-order chi connectivity index (χ0) is 13.6. The van der Waals surface area contributed by atoms with Gasteiger partial charge in [-0.15, -0.1) is 0 Å². The van der Waals surface area contributed by atoms with Gasteiger partial charge in [0.25, 0.3) is 5.91 Å². The van der Waals surface area contributed by atoms with Gasteiger partial charge < -0.3 is 10.6 Å². The molecule has 1 amide bonds. The quantitative estimate of drug-likeness (QED) is 0.633.